The van der Waals surface area contributed by atoms with Gasteiger partial charge in [-0.3, -0.25) is 4.79 Å². The molecule has 0 heterocycles. The second kappa shape index (κ2) is 5.95. The van der Waals surface area contributed by atoms with Gasteiger partial charge in [0.2, 0.25) is 0 Å². The highest BCUT2D eigenvalue weighted by Gasteiger charge is 2.09. The second-order valence-electron chi connectivity index (χ2n) is 2.87. The predicted octanol–water partition coefficient (Wildman–Crippen LogP) is 2.37. The molecule has 1 aromatic carbocycles. The Balaban J connectivity index is 2.68. The molecule has 82 valence electrons. The summed E-state index contributed by atoms with van der Waals surface area (Å²) in [7, 11) is 1.57. The highest BCUT2D eigenvalue weighted by Crippen LogP contribution is 2.20. The van der Waals surface area contributed by atoms with Gasteiger partial charge in [-0.2, -0.15) is 0 Å². The highest BCUT2D eigenvalue weighted by molar-refractivity contribution is 6.35. The first-order valence-electron chi connectivity index (χ1n) is 4.37. The van der Waals surface area contributed by atoms with Gasteiger partial charge in [0.1, 0.15) is 0 Å². The molecule has 0 saturated carbocycles. The minimum Gasteiger partial charge on any atom is -0.383 e. The highest BCUT2D eigenvalue weighted by atomic mass is 35.5. The molecule has 0 saturated heterocycles. The zero-order chi connectivity index (χ0) is 11.3. The molecule has 0 fully saturated rings. The van der Waals surface area contributed by atoms with Crippen molar-refractivity contribution < 1.29 is 9.53 Å². The summed E-state index contributed by atoms with van der Waals surface area (Å²) in [5, 5.41) is 3.53. The lowest BCUT2D eigenvalue weighted by molar-refractivity contribution is 0.0937. The maximum absolute atomic E-state index is 11.6. The van der Waals surface area contributed by atoms with Gasteiger partial charge in [-0.25, -0.2) is 0 Å². The van der Waals surface area contributed by atoms with Gasteiger partial charge >= 0.3 is 0 Å². The van der Waals surface area contributed by atoms with Gasteiger partial charge < -0.3 is 10.1 Å². The number of benzene rings is 1. The number of rotatable bonds is 4. The molecule has 0 aliphatic heterocycles. The number of ether oxygens (including phenoxy) is 1. The standard InChI is InChI=1S/C10H11Cl2NO2/c1-15-5-4-13-10(14)8-6-7(11)2-3-9(8)12/h2-3,6H,4-5H2,1H3,(H,13,14). The van der Waals surface area contributed by atoms with E-state index in [0.717, 1.165) is 0 Å². The van der Waals surface area contributed by atoms with Gasteiger partial charge in [-0.15, -0.1) is 0 Å². The SMILES string of the molecule is COCCNC(=O)c1cc(Cl)ccc1Cl. The number of carbonyl (C=O) groups excluding carboxylic acids is 1. The molecule has 0 aliphatic rings. The van der Waals surface area contributed by atoms with E-state index < -0.39 is 0 Å². The second-order valence-corrected chi connectivity index (χ2v) is 3.72. The van der Waals surface area contributed by atoms with E-state index in [4.69, 9.17) is 27.9 Å². The van der Waals surface area contributed by atoms with Gasteiger partial charge in [0.15, 0.2) is 0 Å². The van der Waals surface area contributed by atoms with Crippen LogP contribution in [0.2, 0.25) is 10.0 Å². The Morgan fingerprint density at radius 2 is 2.20 bits per heavy atom. The van der Waals surface area contributed by atoms with E-state index in [1.807, 2.05) is 0 Å². The van der Waals surface area contributed by atoms with Crippen LogP contribution in [0.5, 0.6) is 0 Å². The van der Waals surface area contributed by atoms with Crippen molar-refractivity contribution in [3.63, 3.8) is 0 Å². The van der Waals surface area contributed by atoms with Gasteiger partial charge in [-0.1, -0.05) is 23.2 Å². The molecular formula is C10H11Cl2NO2. The Hall–Kier alpha value is -0.770. The van der Waals surface area contributed by atoms with E-state index >= 15 is 0 Å². The van der Waals surface area contributed by atoms with Gasteiger partial charge in [0.25, 0.3) is 5.91 Å². The van der Waals surface area contributed by atoms with Crippen molar-refractivity contribution in [3.8, 4) is 0 Å². The number of amides is 1. The third-order valence-electron chi connectivity index (χ3n) is 1.76. The molecule has 0 unspecified atom stereocenters. The van der Waals surface area contributed by atoms with Crippen LogP contribution >= 0.6 is 23.2 Å². The van der Waals surface area contributed by atoms with Crippen LogP contribution in [0, 0.1) is 0 Å². The molecule has 0 bridgehead atoms. The number of methoxy groups -OCH3 is 1. The van der Waals surface area contributed by atoms with E-state index in [1.54, 1.807) is 19.2 Å². The van der Waals surface area contributed by atoms with Crippen LogP contribution in [0.3, 0.4) is 0 Å². The Bertz CT molecular complexity index is 355. The summed E-state index contributed by atoms with van der Waals surface area (Å²) < 4.78 is 4.81. The third kappa shape index (κ3) is 3.70. The van der Waals surface area contributed by atoms with Crippen molar-refractivity contribution in [1.82, 2.24) is 5.32 Å². The van der Waals surface area contributed by atoms with E-state index in [2.05, 4.69) is 5.32 Å². The molecule has 0 atom stereocenters. The topological polar surface area (TPSA) is 38.3 Å². The lowest BCUT2D eigenvalue weighted by atomic mass is 10.2. The summed E-state index contributed by atoms with van der Waals surface area (Å²) in [5.74, 6) is -0.250. The third-order valence-corrected chi connectivity index (χ3v) is 2.33. The molecule has 5 heteroatoms. The zero-order valence-corrected chi connectivity index (χ0v) is 9.73. The van der Waals surface area contributed by atoms with Gasteiger partial charge in [0, 0.05) is 18.7 Å². The largest absolute Gasteiger partial charge is 0.383 e. The van der Waals surface area contributed by atoms with Crippen molar-refractivity contribution in [2.45, 2.75) is 0 Å². The minimum absolute atomic E-state index is 0.250. The van der Waals surface area contributed by atoms with Crippen LogP contribution in [0.4, 0.5) is 0 Å². The van der Waals surface area contributed by atoms with E-state index in [9.17, 15) is 4.79 Å². The van der Waals surface area contributed by atoms with E-state index in [0.29, 0.717) is 28.8 Å². The van der Waals surface area contributed by atoms with Gasteiger partial charge in [0.05, 0.1) is 17.2 Å². The Morgan fingerprint density at radius 3 is 2.87 bits per heavy atom. The molecule has 1 aromatic rings. The molecular weight excluding hydrogens is 237 g/mol. The van der Waals surface area contributed by atoms with E-state index in [1.165, 1.54) is 6.07 Å². The number of hydrogen-bond acceptors (Lipinski definition) is 2. The molecule has 0 aliphatic carbocycles. The van der Waals surface area contributed by atoms with Crippen LogP contribution in [-0.4, -0.2) is 26.2 Å². The summed E-state index contributed by atoms with van der Waals surface area (Å²) in [5.41, 5.74) is 0.375. The fraction of sp³-hybridized carbons (Fsp3) is 0.300. The van der Waals surface area contributed by atoms with Crippen molar-refractivity contribution in [3.05, 3.63) is 33.8 Å². The summed E-state index contributed by atoms with van der Waals surface area (Å²) >= 11 is 11.6. The van der Waals surface area contributed by atoms with Crippen LogP contribution in [-0.2, 0) is 4.74 Å². The normalized spacial score (nSPS) is 10.1. The molecule has 0 aromatic heterocycles. The number of halogens is 2. The summed E-state index contributed by atoms with van der Waals surface area (Å²) in [6, 6.07) is 4.76. The smallest absolute Gasteiger partial charge is 0.252 e. The van der Waals surface area contributed by atoms with Crippen LogP contribution in [0.15, 0.2) is 18.2 Å². The van der Waals surface area contributed by atoms with Crippen molar-refractivity contribution in [2.24, 2.45) is 0 Å². The monoisotopic (exact) mass is 247 g/mol. The maximum atomic E-state index is 11.6. The summed E-state index contributed by atoms with van der Waals surface area (Å²) in [4.78, 5) is 11.6. The Labute approximate surface area is 98.3 Å². The predicted molar refractivity (Wildman–Crippen MR) is 60.7 cm³/mol. The Morgan fingerprint density at radius 1 is 1.47 bits per heavy atom. The summed E-state index contributed by atoms with van der Waals surface area (Å²) in [6.07, 6.45) is 0. The lowest BCUT2D eigenvalue weighted by Gasteiger charge is -2.06. The first kappa shape index (κ1) is 12.3. The maximum Gasteiger partial charge on any atom is 0.252 e. The average Bonchev–Trinajstić information content (AvgIpc) is 2.22. The number of carbonyl (C=O) groups is 1. The molecule has 0 spiro atoms. The first-order chi connectivity index (χ1) is 7.15. The van der Waals surface area contributed by atoms with E-state index in [-0.39, 0.29) is 5.91 Å². The summed E-state index contributed by atoms with van der Waals surface area (Å²) in [6.45, 7) is 0.905. The van der Waals surface area contributed by atoms with Crippen molar-refractivity contribution in [1.29, 1.82) is 0 Å². The fourth-order valence-electron chi connectivity index (χ4n) is 1.03. The molecule has 1 amide bonds. The fourth-order valence-corrected chi connectivity index (χ4v) is 1.41. The average molecular weight is 248 g/mol. The molecule has 1 N–H and O–H groups in total. The lowest BCUT2D eigenvalue weighted by Crippen LogP contribution is -2.27. The minimum atomic E-state index is -0.250. The molecule has 1 rings (SSSR count). The van der Waals surface area contributed by atoms with Crippen molar-refractivity contribution >= 4 is 29.1 Å². The van der Waals surface area contributed by atoms with Crippen LogP contribution in [0.1, 0.15) is 10.4 Å². The van der Waals surface area contributed by atoms with Gasteiger partial charge in [-0.05, 0) is 18.2 Å². The van der Waals surface area contributed by atoms with Crippen LogP contribution < -0.4 is 5.32 Å². The Kier molecular flexibility index (Phi) is 4.88. The molecule has 3 nitrogen and oxygen atoms in total. The van der Waals surface area contributed by atoms with Crippen LogP contribution in [0.25, 0.3) is 0 Å². The number of nitrogens with one attached hydrogen (secondary N) is 1. The zero-order valence-electron chi connectivity index (χ0n) is 8.22. The van der Waals surface area contributed by atoms with Crippen molar-refractivity contribution in [2.75, 3.05) is 20.3 Å². The quantitative estimate of drug-likeness (QED) is 0.830. The molecule has 0 radical (unpaired) electrons. The number of hydrogen-bond donors (Lipinski definition) is 1. The molecule has 15 heavy (non-hydrogen) atoms. The first-order valence-corrected chi connectivity index (χ1v) is 5.13.